The Morgan fingerprint density at radius 3 is 2.22 bits per heavy atom. The summed E-state index contributed by atoms with van der Waals surface area (Å²) in [6.07, 6.45) is 1.44. The third-order valence-electron chi connectivity index (χ3n) is 6.93. The summed E-state index contributed by atoms with van der Waals surface area (Å²) in [5, 5.41) is 1.60. The van der Waals surface area contributed by atoms with Gasteiger partial charge in [-0.15, -0.1) is 0 Å². The average molecular weight is 514 g/mol. The number of aromatic nitrogens is 1. The Morgan fingerprint density at radius 2 is 1.51 bits per heavy atom. The second-order valence-corrected chi connectivity index (χ2v) is 12.5. The monoisotopic (exact) mass is 513 g/mol. The van der Waals surface area contributed by atoms with Crippen LogP contribution in [-0.2, 0) is 20.2 Å². The first kappa shape index (κ1) is 23.9. The number of rotatable bonds is 5. The molecular weight excluding hydrogens is 485 g/mol. The van der Waals surface area contributed by atoms with Gasteiger partial charge in [0.25, 0.3) is 0 Å². The summed E-state index contributed by atoms with van der Waals surface area (Å²) in [7, 11) is -3.67. The van der Waals surface area contributed by atoms with Crippen LogP contribution in [-0.4, -0.2) is 17.8 Å². The fourth-order valence-electron chi connectivity index (χ4n) is 5.10. The van der Waals surface area contributed by atoms with Gasteiger partial charge < -0.3 is 18.0 Å². The lowest BCUT2D eigenvalue weighted by Gasteiger charge is -2.37. The van der Waals surface area contributed by atoms with Crippen molar-refractivity contribution in [2.75, 3.05) is 13.2 Å². The van der Waals surface area contributed by atoms with Gasteiger partial charge in [0.1, 0.15) is 17.4 Å². The Kier molecular flexibility index (Phi) is 5.91. The first-order valence-electron chi connectivity index (χ1n) is 12.4. The molecule has 7 heteroatoms. The first-order valence-corrected chi connectivity index (χ1v) is 14.0. The number of nitrogens with zero attached hydrogens (tertiary/aromatic N) is 1. The minimum absolute atomic E-state index is 0.251. The van der Waals surface area contributed by atoms with Crippen molar-refractivity contribution < 1.29 is 18.0 Å². The van der Waals surface area contributed by atoms with Gasteiger partial charge in [0.15, 0.2) is 0 Å². The molecule has 0 amide bonds. The maximum atomic E-state index is 14.4. The van der Waals surface area contributed by atoms with E-state index in [-0.39, 0.29) is 5.41 Å². The zero-order valence-corrected chi connectivity index (χ0v) is 21.7. The second-order valence-electron chi connectivity index (χ2n) is 10.4. The summed E-state index contributed by atoms with van der Waals surface area (Å²) < 4.78 is 34.2. The van der Waals surface area contributed by atoms with Gasteiger partial charge in [-0.2, -0.15) is 0 Å². The number of benzene rings is 3. The zero-order valence-electron chi connectivity index (χ0n) is 20.8. The first-order chi connectivity index (χ1) is 17.9. The van der Waals surface area contributed by atoms with Crippen LogP contribution in [0.4, 0.5) is 0 Å². The van der Waals surface area contributed by atoms with Crippen molar-refractivity contribution in [2.45, 2.75) is 26.1 Å². The molecule has 0 radical (unpaired) electrons. The van der Waals surface area contributed by atoms with Gasteiger partial charge in [-0.25, -0.2) is 4.79 Å². The molecule has 0 N–H and O–H groups in total. The number of hydrogen-bond donors (Lipinski definition) is 0. The summed E-state index contributed by atoms with van der Waals surface area (Å²) in [5.74, 6) is 0. The summed E-state index contributed by atoms with van der Waals surface area (Å²) in [4.78, 5) is 13.3. The molecule has 0 saturated carbocycles. The molecule has 3 heterocycles. The van der Waals surface area contributed by atoms with E-state index < -0.39 is 18.9 Å². The molecule has 1 unspecified atom stereocenters. The molecule has 1 saturated heterocycles. The molecule has 1 atom stereocenters. The molecule has 0 spiro atoms. The van der Waals surface area contributed by atoms with E-state index in [1.165, 1.54) is 6.26 Å². The van der Waals surface area contributed by atoms with Crippen molar-refractivity contribution in [1.82, 2.24) is 4.57 Å². The molecule has 37 heavy (non-hydrogen) atoms. The molecule has 188 valence electrons. The van der Waals surface area contributed by atoms with Gasteiger partial charge in [0.2, 0.25) is 0 Å². The van der Waals surface area contributed by atoms with Crippen molar-refractivity contribution in [3.05, 3.63) is 118 Å². The van der Waals surface area contributed by atoms with Gasteiger partial charge in [0, 0.05) is 33.8 Å². The van der Waals surface area contributed by atoms with E-state index in [9.17, 15) is 9.36 Å². The quantitative estimate of drug-likeness (QED) is 0.233. The third kappa shape index (κ3) is 4.25. The van der Waals surface area contributed by atoms with E-state index in [0.29, 0.717) is 36.2 Å². The van der Waals surface area contributed by atoms with Crippen LogP contribution in [0.1, 0.15) is 36.2 Å². The van der Waals surface area contributed by atoms with Crippen molar-refractivity contribution >= 4 is 29.4 Å². The topological polar surface area (TPSA) is 70.7 Å². The maximum absolute atomic E-state index is 14.4. The van der Waals surface area contributed by atoms with Crippen LogP contribution in [0.25, 0.3) is 21.8 Å². The van der Waals surface area contributed by atoms with Crippen molar-refractivity contribution in [2.24, 2.45) is 5.41 Å². The van der Waals surface area contributed by atoms with Crippen LogP contribution in [0.3, 0.4) is 0 Å². The van der Waals surface area contributed by atoms with E-state index in [2.05, 4.69) is 0 Å². The fourth-order valence-corrected chi connectivity index (χ4v) is 7.60. The minimum Gasteiger partial charge on any atom is -0.429 e. The van der Waals surface area contributed by atoms with Crippen molar-refractivity contribution in [3.63, 3.8) is 0 Å². The molecule has 6 nitrogen and oxygen atoms in total. The summed E-state index contributed by atoms with van der Waals surface area (Å²) in [6, 6.07) is 27.4. The third-order valence-corrected chi connectivity index (χ3v) is 9.11. The van der Waals surface area contributed by atoms with Crippen LogP contribution >= 0.6 is 7.60 Å². The van der Waals surface area contributed by atoms with Crippen molar-refractivity contribution in [1.29, 1.82) is 0 Å². The maximum Gasteiger partial charge on any atom is 0.360 e. The standard InChI is InChI=1S/C30H28NO5P/c1-30(2)19-35-37(33,36-20-30)28(22-13-7-4-8-14-22)24-18-34-29(32)27-26(24)23-15-9-10-16-25(23)31(27)17-21-11-5-3-6-12-21/h3-16,18,28H,17,19-20H2,1-2H3. The summed E-state index contributed by atoms with van der Waals surface area (Å²) >= 11 is 0. The molecule has 3 aromatic carbocycles. The van der Waals surface area contributed by atoms with Gasteiger partial charge in [0.05, 0.1) is 13.2 Å². The molecule has 2 aromatic heterocycles. The SMILES string of the molecule is CC1(C)COP(=O)(C(c2ccccc2)c2coc(=O)c3c2c2ccccc2n3Cc2ccccc2)OC1. The van der Waals surface area contributed by atoms with Crippen LogP contribution in [0.15, 0.2) is 100 Å². The van der Waals surface area contributed by atoms with E-state index in [1.807, 2.05) is 103 Å². The van der Waals surface area contributed by atoms with Gasteiger partial charge in [-0.3, -0.25) is 4.57 Å². The molecule has 1 aliphatic heterocycles. The number of para-hydroxylation sites is 1. The lowest BCUT2D eigenvalue weighted by atomic mass is 9.97. The highest BCUT2D eigenvalue weighted by Crippen LogP contribution is 2.67. The Balaban J connectivity index is 1.64. The van der Waals surface area contributed by atoms with Crippen LogP contribution in [0.5, 0.6) is 0 Å². The lowest BCUT2D eigenvalue weighted by Crippen LogP contribution is -2.31. The highest BCUT2D eigenvalue weighted by Gasteiger charge is 2.46. The number of hydrogen-bond acceptors (Lipinski definition) is 5. The van der Waals surface area contributed by atoms with Crippen LogP contribution in [0, 0.1) is 5.41 Å². The second kappa shape index (κ2) is 9.14. The Morgan fingerprint density at radius 1 is 0.892 bits per heavy atom. The van der Waals surface area contributed by atoms with E-state index in [0.717, 1.165) is 22.0 Å². The smallest absolute Gasteiger partial charge is 0.360 e. The largest absolute Gasteiger partial charge is 0.429 e. The normalized spacial score (nSPS) is 17.7. The van der Waals surface area contributed by atoms with E-state index >= 15 is 0 Å². The zero-order chi connectivity index (χ0) is 25.6. The predicted molar refractivity (Wildman–Crippen MR) is 145 cm³/mol. The molecule has 5 aromatic rings. The van der Waals surface area contributed by atoms with Gasteiger partial charge >= 0.3 is 13.2 Å². The van der Waals surface area contributed by atoms with E-state index in [1.54, 1.807) is 0 Å². The molecular formula is C30H28NO5P. The Labute approximate surface area is 215 Å². The highest BCUT2D eigenvalue weighted by atomic mass is 31.2. The fraction of sp³-hybridized carbons (Fsp3) is 0.233. The average Bonchev–Trinajstić information content (AvgIpc) is 3.24. The Hall–Kier alpha value is -3.44. The Bertz CT molecular complexity index is 1670. The van der Waals surface area contributed by atoms with Crippen molar-refractivity contribution in [3.8, 4) is 0 Å². The predicted octanol–water partition coefficient (Wildman–Crippen LogP) is 7.15. The van der Waals surface area contributed by atoms with E-state index in [4.69, 9.17) is 13.5 Å². The van der Waals surface area contributed by atoms with Gasteiger partial charge in [-0.05, 0) is 17.2 Å². The number of fused-ring (bicyclic) bond motifs is 3. The molecule has 0 bridgehead atoms. The minimum atomic E-state index is -3.67. The molecule has 0 aliphatic carbocycles. The highest BCUT2D eigenvalue weighted by molar-refractivity contribution is 7.54. The van der Waals surface area contributed by atoms with Crippen LogP contribution in [0.2, 0.25) is 0 Å². The molecule has 1 fully saturated rings. The molecule has 1 aliphatic rings. The van der Waals surface area contributed by atoms with Crippen LogP contribution < -0.4 is 5.63 Å². The summed E-state index contributed by atoms with van der Waals surface area (Å²) in [6.45, 7) is 5.15. The van der Waals surface area contributed by atoms with Gasteiger partial charge in [-0.1, -0.05) is 92.7 Å². The summed E-state index contributed by atoms with van der Waals surface area (Å²) in [5.41, 5.74) is 2.34. The lowest BCUT2D eigenvalue weighted by molar-refractivity contribution is 0.0391. The molecule has 6 rings (SSSR count).